The Morgan fingerprint density at radius 2 is 2.11 bits per heavy atom. The van der Waals surface area contributed by atoms with Crippen LogP contribution in [0, 0.1) is 12.8 Å². The van der Waals surface area contributed by atoms with Crippen molar-refractivity contribution in [2.75, 3.05) is 0 Å². The van der Waals surface area contributed by atoms with Crippen LogP contribution in [0.15, 0.2) is 12.3 Å². The fraction of sp³-hybridized carbons (Fsp3) is 0.600. The summed E-state index contributed by atoms with van der Waals surface area (Å²) in [6.45, 7) is 8.61. The second kappa shape index (κ2) is 4.20. The molecule has 4 heteroatoms. The van der Waals surface area contributed by atoms with Gasteiger partial charge in [0.2, 0.25) is 0 Å². The lowest BCUT2D eigenvalue weighted by molar-refractivity contribution is 0.302. The van der Waals surface area contributed by atoms with Crippen molar-refractivity contribution < 1.29 is 0 Å². The van der Waals surface area contributed by atoms with Crippen LogP contribution in [0.4, 0.5) is 0 Å². The normalized spacial score (nSPS) is 17.9. The number of aromatic nitrogens is 3. The maximum atomic E-state index is 6.35. The van der Waals surface area contributed by atoms with Crippen molar-refractivity contribution in [2.24, 2.45) is 5.92 Å². The van der Waals surface area contributed by atoms with E-state index >= 15 is 0 Å². The molecule has 0 spiro atoms. The molecule has 0 bridgehead atoms. The molecular weight excluding hydrogens is 258 g/mol. The molecule has 1 fully saturated rings. The Labute approximate surface area is 119 Å². The number of aryl methyl sites for hydroxylation is 1. The zero-order valence-corrected chi connectivity index (χ0v) is 12.7. The summed E-state index contributed by atoms with van der Waals surface area (Å²) >= 11 is 6.35. The molecule has 1 aliphatic rings. The number of fused-ring (bicyclic) bond motifs is 1. The van der Waals surface area contributed by atoms with Crippen LogP contribution in [0.3, 0.4) is 0 Å². The van der Waals surface area contributed by atoms with Gasteiger partial charge in [0.05, 0.1) is 5.38 Å². The molecule has 3 nitrogen and oxygen atoms in total. The molecule has 2 aromatic heterocycles. The van der Waals surface area contributed by atoms with Crippen molar-refractivity contribution >= 4 is 22.8 Å². The minimum absolute atomic E-state index is 0.0357. The van der Waals surface area contributed by atoms with E-state index in [1.807, 2.05) is 19.2 Å². The van der Waals surface area contributed by atoms with Gasteiger partial charge in [0.1, 0.15) is 11.3 Å². The number of halogens is 1. The Morgan fingerprint density at radius 3 is 2.68 bits per heavy atom. The highest BCUT2D eigenvalue weighted by Gasteiger charge is 2.42. The monoisotopic (exact) mass is 277 g/mol. The third-order valence-electron chi connectivity index (χ3n) is 4.28. The Hall–Kier alpha value is -1.09. The molecule has 0 aromatic carbocycles. The quantitative estimate of drug-likeness (QED) is 0.788. The highest BCUT2D eigenvalue weighted by Crippen LogP contribution is 2.46. The van der Waals surface area contributed by atoms with Gasteiger partial charge in [-0.2, -0.15) is 0 Å². The molecule has 1 aliphatic carbocycles. The summed E-state index contributed by atoms with van der Waals surface area (Å²) in [7, 11) is 0. The minimum Gasteiger partial charge on any atom is -0.306 e. The van der Waals surface area contributed by atoms with E-state index in [0.29, 0.717) is 5.92 Å². The third kappa shape index (κ3) is 1.95. The zero-order valence-electron chi connectivity index (χ0n) is 11.9. The molecule has 3 rings (SSSR count). The van der Waals surface area contributed by atoms with E-state index in [0.717, 1.165) is 22.6 Å². The fourth-order valence-electron chi connectivity index (χ4n) is 2.92. The first kappa shape index (κ1) is 12.9. The van der Waals surface area contributed by atoms with Crippen LogP contribution in [-0.2, 0) is 5.54 Å². The number of hydrogen-bond acceptors (Lipinski definition) is 2. The Bertz CT molecular complexity index is 624. The van der Waals surface area contributed by atoms with E-state index in [1.165, 1.54) is 12.8 Å². The van der Waals surface area contributed by atoms with E-state index in [2.05, 4.69) is 30.3 Å². The number of nitrogens with zero attached hydrogens (tertiary/aromatic N) is 3. The molecule has 1 saturated carbocycles. The smallest absolute Gasteiger partial charge is 0.160 e. The van der Waals surface area contributed by atoms with E-state index in [1.54, 1.807) is 0 Å². The SMILES string of the molecule is Cc1ccnc2c1nc(C(C)Cl)n2C(C)(C)C1CC1. The van der Waals surface area contributed by atoms with Gasteiger partial charge in [-0.05, 0) is 58.1 Å². The van der Waals surface area contributed by atoms with E-state index in [-0.39, 0.29) is 10.9 Å². The van der Waals surface area contributed by atoms with Crippen molar-refractivity contribution in [1.82, 2.24) is 14.5 Å². The molecule has 19 heavy (non-hydrogen) atoms. The van der Waals surface area contributed by atoms with E-state index in [9.17, 15) is 0 Å². The summed E-state index contributed by atoms with van der Waals surface area (Å²) in [5, 5.41) is -0.105. The van der Waals surface area contributed by atoms with Gasteiger partial charge in [-0.25, -0.2) is 9.97 Å². The van der Waals surface area contributed by atoms with Crippen molar-refractivity contribution in [3.63, 3.8) is 0 Å². The predicted octanol–water partition coefficient (Wildman–Crippen LogP) is 4.18. The molecule has 0 saturated heterocycles. The lowest BCUT2D eigenvalue weighted by Gasteiger charge is -2.29. The van der Waals surface area contributed by atoms with Crippen LogP contribution in [0.25, 0.3) is 11.2 Å². The summed E-state index contributed by atoms with van der Waals surface area (Å²) in [4.78, 5) is 9.32. The Morgan fingerprint density at radius 1 is 1.42 bits per heavy atom. The average Bonchev–Trinajstić information content (AvgIpc) is 3.10. The second-order valence-electron chi connectivity index (χ2n) is 6.15. The lowest BCUT2D eigenvalue weighted by atomic mass is 9.98. The fourth-order valence-corrected chi connectivity index (χ4v) is 3.06. The molecule has 0 amide bonds. The van der Waals surface area contributed by atoms with Crippen LogP contribution >= 0.6 is 11.6 Å². The Kier molecular flexibility index (Phi) is 2.86. The standard InChI is InChI=1S/C15H20ClN3/c1-9-7-8-17-14-12(9)18-13(10(2)16)19(14)15(3,4)11-5-6-11/h7-8,10-11H,5-6H2,1-4H3. The van der Waals surface area contributed by atoms with Gasteiger partial charge >= 0.3 is 0 Å². The predicted molar refractivity (Wildman–Crippen MR) is 78.6 cm³/mol. The zero-order chi connectivity index (χ0) is 13.8. The maximum absolute atomic E-state index is 6.35. The van der Waals surface area contributed by atoms with Crippen molar-refractivity contribution in [2.45, 2.75) is 51.5 Å². The van der Waals surface area contributed by atoms with Crippen LogP contribution in [0.1, 0.15) is 50.4 Å². The first-order valence-corrected chi connectivity index (χ1v) is 7.35. The van der Waals surface area contributed by atoms with Crippen LogP contribution < -0.4 is 0 Å². The Balaban J connectivity index is 2.31. The van der Waals surface area contributed by atoms with Gasteiger partial charge in [0.25, 0.3) is 0 Å². The molecule has 102 valence electrons. The van der Waals surface area contributed by atoms with Gasteiger partial charge in [0, 0.05) is 11.7 Å². The van der Waals surface area contributed by atoms with Gasteiger partial charge in [-0.3, -0.25) is 0 Å². The molecule has 2 aromatic rings. The lowest BCUT2D eigenvalue weighted by Crippen LogP contribution is -2.31. The van der Waals surface area contributed by atoms with Crippen molar-refractivity contribution in [3.8, 4) is 0 Å². The minimum atomic E-state index is -0.105. The maximum Gasteiger partial charge on any atom is 0.160 e. The van der Waals surface area contributed by atoms with Gasteiger partial charge < -0.3 is 4.57 Å². The van der Waals surface area contributed by atoms with E-state index in [4.69, 9.17) is 16.6 Å². The van der Waals surface area contributed by atoms with E-state index < -0.39 is 0 Å². The van der Waals surface area contributed by atoms with Crippen LogP contribution in [-0.4, -0.2) is 14.5 Å². The summed E-state index contributed by atoms with van der Waals surface area (Å²) in [6, 6.07) is 2.01. The molecule has 0 N–H and O–H groups in total. The third-order valence-corrected chi connectivity index (χ3v) is 4.48. The summed E-state index contributed by atoms with van der Waals surface area (Å²) in [5.41, 5.74) is 3.15. The highest BCUT2D eigenvalue weighted by molar-refractivity contribution is 6.20. The summed E-state index contributed by atoms with van der Waals surface area (Å²) < 4.78 is 2.27. The molecular formula is C15H20ClN3. The first-order valence-electron chi connectivity index (χ1n) is 6.91. The van der Waals surface area contributed by atoms with Gasteiger partial charge in [0.15, 0.2) is 5.65 Å². The summed E-state index contributed by atoms with van der Waals surface area (Å²) in [5.74, 6) is 1.65. The van der Waals surface area contributed by atoms with Crippen LogP contribution in [0.5, 0.6) is 0 Å². The van der Waals surface area contributed by atoms with Crippen LogP contribution in [0.2, 0.25) is 0 Å². The average molecular weight is 278 g/mol. The highest BCUT2D eigenvalue weighted by atomic mass is 35.5. The number of alkyl halides is 1. The topological polar surface area (TPSA) is 30.7 Å². The van der Waals surface area contributed by atoms with Crippen molar-refractivity contribution in [1.29, 1.82) is 0 Å². The first-order chi connectivity index (χ1) is 8.93. The second-order valence-corrected chi connectivity index (χ2v) is 6.80. The molecule has 2 heterocycles. The van der Waals surface area contributed by atoms with Crippen molar-refractivity contribution in [3.05, 3.63) is 23.7 Å². The number of pyridine rings is 1. The largest absolute Gasteiger partial charge is 0.306 e. The van der Waals surface area contributed by atoms with Gasteiger partial charge in [-0.15, -0.1) is 11.6 Å². The molecule has 0 aliphatic heterocycles. The number of hydrogen-bond donors (Lipinski definition) is 0. The number of rotatable bonds is 3. The summed E-state index contributed by atoms with van der Waals surface area (Å²) in [6.07, 6.45) is 4.44. The molecule has 0 radical (unpaired) electrons. The molecule has 1 unspecified atom stereocenters. The van der Waals surface area contributed by atoms with Gasteiger partial charge in [-0.1, -0.05) is 0 Å². The molecule has 1 atom stereocenters. The number of imidazole rings is 1.